The summed E-state index contributed by atoms with van der Waals surface area (Å²) in [4.78, 5) is 16.7. The molecule has 1 aliphatic rings. The van der Waals surface area contributed by atoms with Crippen LogP contribution in [0.3, 0.4) is 0 Å². The van der Waals surface area contributed by atoms with Crippen LogP contribution in [-0.4, -0.2) is 68.8 Å². The van der Waals surface area contributed by atoms with Gasteiger partial charge in [0.2, 0.25) is 5.60 Å². The van der Waals surface area contributed by atoms with Crippen LogP contribution in [0.4, 0.5) is 0 Å². The fourth-order valence-electron chi connectivity index (χ4n) is 4.61. The lowest BCUT2D eigenvalue weighted by molar-refractivity contribution is -0.215. The van der Waals surface area contributed by atoms with Crippen LogP contribution in [0.2, 0.25) is 0 Å². The second-order valence-corrected chi connectivity index (χ2v) is 9.82. The molecule has 1 heterocycles. The summed E-state index contributed by atoms with van der Waals surface area (Å²) < 4.78 is 11.3. The Morgan fingerprint density at radius 2 is 1.56 bits per heavy atom. The number of aliphatic hydroxyl groups excluding tert-OH is 3. The molecular weight excluding hydrogens is 444 g/mol. The smallest absolute Gasteiger partial charge is 0.382 e. The average molecular weight is 491 g/mol. The highest BCUT2D eigenvalue weighted by atomic mass is 17.1. The summed E-state index contributed by atoms with van der Waals surface area (Å²) in [5.74, 6) is -2.11. The molecule has 9 nitrogen and oxygen atoms in total. The topological polar surface area (TPSA) is 146 Å². The number of hydrogen-bond acceptors (Lipinski definition) is 9. The molecule has 1 aliphatic heterocycles. The summed E-state index contributed by atoms with van der Waals surface area (Å²) >= 11 is 0. The standard InChI is InChI=1S/C25H46O9/c1-4-5-6-7-8-9-10-11-12-13-14-32-22-21(34-31)23(29)33-25(22,16-20(28)17-26)24(30,18-27)15-19(2)3/h19-20,26-28,30-31H,4-18H2,1-3H3/t20?,24-,25-/m0/s1. The van der Waals surface area contributed by atoms with Crippen LogP contribution in [0, 0.1) is 5.92 Å². The molecule has 1 unspecified atom stereocenters. The highest BCUT2D eigenvalue weighted by Gasteiger charge is 2.64. The van der Waals surface area contributed by atoms with Crippen molar-refractivity contribution in [3.05, 3.63) is 11.5 Å². The van der Waals surface area contributed by atoms with E-state index in [9.17, 15) is 30.5 Å². The minimum absolute atomic E-state index is 0.00124. The van der Waals surface area contributed by atoms with Crippen LogP contribution in [0.5, 0.6) is 0 Å². The molecule has 0 aromatic carbocycles. The summed E-state index contributed by atoms with van der Waals surface area (Å²) in [6, 6.07) is 0. The maximum Gasteiger partial charge on any atom is 0.382 e. The second-order valence-electron chi connectivity index (χ2n) is 9.82. The van der Waals surface area contributed by atoms with Crippen molar-refractivity contribution in [2.45, 2.75) is 115 Å². The number of aliphatic hydroxyl groups is 4. The van der Waals surface area contributed by atoms with E-state index in [2.05, 4.69) is 11.8 Å². The van der Waals surface area contributed by atoms with E-state index in [0.29, 0.717) is 6.42 Å². The van der Waals surface area contributed by atoms with E-state index >= 15 is 0 Å². The van der Waals surface area contributed by atoms with E-state index in [1.807, 2.05) is 13.8 Å². The molecule has 200 valence electrons. The highest BCUT2D eigenvalue weighted by Crippen LogP contribution is 2.47. The molecule has 9 heteroatoms. The number of rotatable bonds is 20. The van der Waals surface area contributed by atoms with Crippen LogP contribution in [0.1, 0.15) is 97.8 Å². The number of esters is 1. The van der Waals surface area contributed by atoms with Gasteiger partial charge in [0.25, 0.3) is 5.76 Å². The molecule has 0 spiro atoms. The molecule has 1 rings (SSSR count). The first-order valence-corrected chi connectivity index (χ1v) is 12.8. The molecular formula is C25H46O9. The van der Waals surface area contributed by atoms with Crippen LogP contribution >= 0.6 is 0 Å². The van der Waals surface area contributed by atoms with Crippen molar-refractivity contribution in [1.29, 1.82) is 0 Å². The molecule has 0 aromatic rings. The third kappa shape index (κ3) is 8.37. The third-order valence-electron chi connectivity index (χ3n) is 6.35. The van der Waals surface area contributed by atoms with E-state index in [1.54, 1.807) is 0 Å². The molecule has 3 atom stereocenters. The van der Waals surface area contributed by atoms with E-state index < -0.39 is 48.7 Å². The summed E-state index contributed by atoms with van der Waals surface area (Å²) in [5.41, 5.74) is -4.07. The second kappa shape index (κ2) is 15.6. The zero-order chi connectivity index (χ0) is 25.6. The maximum atomic E-state index is 12.5. The first-order valence-electron chi connectivity index (χ1n) is 12.8. The van der Waals surface area contributed by atoms with E-state index in [4.69, 9.17) is 9.47 Å². The Hall–Kier alpha value is -1.39. The highest BCUT2D eigenvalue weighted by molar-refractivity contribution is 5.90. The first-order chi connectivity index (χ1) is 16.2. The zero-order valence-electron chi connectivity index (χ0n) is 21.1. The zero-order valence-corrected chi connectivity index (χ0v) is 21.1. The minimum atomic E-state index is -2.04. The summed E-state index contributed by atoms with van der Waals surface area (Å²) in [7, 11) is 0. The van der Waals surface area contributed by atoms with Crippen molar-refractivity contribution in [3.8, 4) is 0 Å². The van der Waals surface area contributed by atoms with Gasteiger partial charge in [-0.3, -0.25) is 0 Å². The summed E-state index contributed by atoms with van der Waals surface area (Å²) in [6.45, 7) is 4.52. The number of ether oxygens (including phenoxy) is 2. The molecule has 0 radical (unpaired) electrons. The van der Waals surface area contributed by atoms with Crippen molar-refractivity contribution >= 4 is 5.97 Å². The van der Waals surface area contributed by atoms with Crippen molar-refractivity contribution in [1.82, 2.24) is 0 Å². The Kier molecular flexibility index (Phi) is 14.0. The van der Waals surface area contributed by atoms with Gasteiger partial charge in [-0.05, 0) is 18.8 Å². The van der Waals surface area contributed by atoms with Gasteiger partial charge in [-0.1, -0.05) is 78.6 Å². The molecule has 0 aromatic heterocycles. The van der Waals surface area contributed by atoms with Crippen molar-refractivity contribution in [2.75, 3.05) is 19.8 Å². The molecule has 0 aliphatic carbocycles. The maximum absolute atomic E-state index is 12.5. The van der Waals surface area contributed by atoms with Crippen LogP contribution in [0.25, 0.3) is 0 Å². The minimum Gasteiger partial charge on any atom is -0.490 e. The summed E-state index contributed by atoms with van der Waals surface area (Å²) in [5, 5.41) is 50.4. The van der Waals surface area contributed by atoms with Gasteiger partial charge in [0.1, 0.15) is 5.60 Å². The van der Waals surface area contributed by atoms with Gasteiger partial charge in [0, 0.05) is 6.42 Å². The quantitative estimate of drug-likeness (QED) is 0.0749. The predicted octanol–water partition coefficient (Wildman–Crippen LogP) is 3.43. The Labute approximate surface area is 203 Å². The van der Waals surface area contributed by atoms with Crippen LogP contribution in [0.15, 0.2) is 11.5 Å². The Bertz CT molecular complexity index is 622. The largest absolute Gasteiger partial charge is 0.490 e. The lowest BCUT2D eigenvalue weighted by Gasteiger charge is -2.44. The number of unbranched alkanes of at least 4 members (excludes halogenated alkanes) is 9. The van der Waals surface area contributed by atoms with E-state index in [1.165, 1.54) is 38.5 Å². The fourth-order valence-corrected chi connectivity index (χ4v) is 4.61. The first kappa shape index (κ1) is 30.6. The van der Waals surface area contributed by atoms with Gasteiger partial charge in [0.05, 0.1) is 25.9 Å². The molecule has 0 saturated heterocycles. The number of hydrogen-bond donors (Lipinski definition) is 5. The SMILES string of the molecule is CCCCCCCCCCCCOC1=C(OO)C(=O)O[C@]1(CC(O)CO)[C@@](O)(CO)CC(C)C. The third-order valence-corrected chi connectivity index (χ3v) is 6.35. The normalized spacial score (nSPS) is 21.0. The van der Waals surface area contributed by atoms with Gasteiger partial charge in [-0.25, -0.2) is 10.1 Å². The van der Waals surface area contributed by atoms with E-state index in [0.717, 1.165) is 19.3 Å². The monoisotopic (exact) mass is 490 g/mol. The Balaban J connectivity index is 2.86. The van der Waals surface area contributed by atoms with Gasteiger partial charge >= 0.3 is 5.97 Å². The van der Waals surface area contributed by atoms with Gasteiger partial charge in [-0.2, -0.15) is 0 Å². The Morgan fingerprint density at radius 1 is 1.00 bits per heavy atom. The number of carbonyl (C=O) groups excluding carboxylic acids is 1. The Morgan fingerprint density at radius 3 is 2.03 bits per heavy atom. The molecule has 5 N–H and O–H groups in total. The van der Waals surface area contributed by atoms with Crippen molar-refractivity contribution in [2.24, 2.45) is 5.92 Å². The molecule has 0 bridgehead atoms. The van der Waals surface area contributed by atoms with Gasteiger partial charge < -0.3 is 34.8 Å². The number of cyclic esters (lactones) is 1. The average Bonchev–Trinajstić information content (AvgIpc) is 3.08. The molecule has 0 amide bonds. The van der Waals surface area contributed by atoms with Gasteiger partial charge in [0.15, 0.2) is 5.76 Å². The van der Waals surface area contributed by atoms with Crippen molar-refractivity contribution < 1.29 is 44.8 Å². The predicted molar refractivity (Wildman–Crippen MR) is 127 cm³/mol. The summed E-state index contributed by atoms with van der Waals surface area (Å²) in [6.07, 6.45) is 9.43. The van der Waals surface area contributed by atoms with Gasteiger partial charge in [-0.15, -0.1) is 0 Å². The fraction of sp³-hybridized carbons (Fsp3) is 0.880. The van der Waals surface area contributed by atoms with Crippen LogP contribution < -0.4 is 0 Å². The lowest BCUT2D eigenvalue weighted by Crippen LogP contribution is -2.60. The van der Waals surface area contributed by atoms with Crippen LogP contribution in [-0.2, 0) is 19.2 Å². The van der Waals surface area contributed by atoms with Crippen molar-refractivity contribution in [3.63, 3.8) is 0 Å². The molecule has 0 saturated carbocycles. The molecule has 0 fully saturated rings. The molecule has 34 heavy (non-hydrogen) atoms. The lowest BCUT2D eigenvalue weighted by atomic mass is 9.73. The number of carbonyl (C=O) groups is 1. The van der Waals surface area contributed by atoms with E-state index in [-0.39, 0.29) is 24.7 Å².